The molecule has 0 amide bonds. The lowest BCUT2D eigenvalue weighted by Gasteiger charge is -2.02. The van der Waals surface area contributed by atoms with Crippen molar-refractivity contribution in [3.05, 3.63) is 11.1 Å². The molecule has 0 aromatic heterocycles. The van der Waals surface area contributed by atoms with Crippen LogP contribution in [0.1, 0.15) is 13.3 Å². The van der Waals surface area contributed by atoms with Gasteiger partial charge in [-0.25, -0.2) is 4.79 Å². The van der Waals surface area contributed by atoms with Crippen molar-refractivity contribution in [2.75, 3.05) is 13.2 Å². The van der Waals surface area contributed by atoms with Crippen LogP contribution in [0.5, 0.6) is 0 Å². The van der Waals surface area contributed by atoms with Gasteiger partial charge < -0.3 is 15.3 Å². The van der Waals surface area contributed by atoms with E-state index >= 15 is 0 Å². The molecular formula is C7H12O4. The van der Waals surface area contributed by atoms with Crippen LogP contribution in [-0.2, 0) is 4.79 Å². The van der Waals surface area contributed by atoms with Gasteiger partial charge in [0.25, 0.3) is 0 Å². The second-order valence-electron chi connectivity index (χ2n) is 2.20. The van der Waals surface area contributed by atoms with Gasteiger partial charge in [-0.05, 0) is 13.3 Å². The molecule has 0 aliphatic rings. The van der Waals surface area contributed by atoms with E-state index in [2.05, 4.69) is 0 Å². The topological polar surface area (TPSA) is 77.8 Å². The summed E-state index contributed by atoms with van der Waals surface area (Å²) in [7, 11) is 0. The zero-order valence-corrected chi connectivity index (χ0v) is 6.37. The third-order valence-electron chi connectivity index (χ3n) is 1.42. The highest BCUT2D eigenvalue weighted by molar-refractivity contribution is 5.87. The van der Waals surface area contributed by atoms with Crippen LogP contribution in [0.25, 0.3) is 0 Å². The van der Waals surface area contributed by atoms with Gasteiger partial charge in [-0.3, -0.25) is 0 Å². The van der Waals surface area contributed by atoms with Crippen LogP contribution in [0.3, 0.4) is 0 Å². The predicted octanol–water partition coefficient (Wildman–Crippen LogP) is -0.238. The lowest BCUT2D eigenvalue weighted by molar-refractivity contribution is -0.133. The van der Waals surface area contributed by atoms with Gasteiger partial charge in [0.05, 0.1) is 12.2 Å². The van der Waals surface area contributed by atoms with Crippen molar-refractivity contribution < 1.29 is 20.1 Å². The molecule has 0 saturated heterocycles. The van der Waals surface area contributed by atoms with Crippen molar-refractivity contribution in [2.24, 2.45) is 0 Å². The van der Waals surface area contributed by atoms with Crippen molar-refractivity contribution in [1.82, 2.24) is 0 Å². The van der Waals surface area contributed by atoms with Gasteiger partial charge in [0, 0.05) is 6.61 Å². The molecule has 0 aromatic carbocycles. The summed E-state index contributed by atoms with van der Waals surface area (Å²) in [5, 5.41) is 25.5. The minimum atomic E-state index is -1.13. The van der Waals surface area contributed by atoms with Gasteiger partial charge in [-0.15, -0.1) is 0 Å². The smallest absolute Gasteiger partial charge is 0.333 e. The Bertz CT molecular complexity index is 171. The van der Waals surface area contributed by atoms with Crippen LogP contribution < -0.4 is 0 Å². The minimum Gasteiger partial charge on any atom is -0.478 e. The van der Waals surface area contributed by atoms with E-state index in [4.69, 9.17) is 15.3 Å². The first-order valence-corrected chi connectivity index (χ1v) is 3.27. The number of aliphatic carboxylic acids is 1. The van der Waals surface area contributed by atoms with Crippen molar-refractivity contribution in [1.29, 1.82) is 0 Å². The molecule has 0 bridgehead atoms. The number of carboxylic acids is 1. The molecule has 0 radical (unpaired) electrons. The number of aliphatic hydroxyl groups is 2. The average molecular weight is 160 g/mol. The van der Waals surface area contributed by atoms with E-state index in [1.807, 2.05) is 0 Å². The SMILES string of the molecule is C/C(CCO)=C(\CO)C(=O)O. The molecule has 0 heterocycles. The first-order chi connectivity index (χ1) is 5.13. The number of carboxylic acid groups (broad SMARTS) is 1. The number of carbonyl (C=O) groups is 1. The summed E-state index contributed by atoms with van der Waals surface area (Å²) in [6.07, 6.45) is 0.294. The van der Waals surface area contributed by atoms with Crippen LogP contribution in [0.4, 0.5) is 0 Å². The lowest BCUT2D eigenvalue weighted by Crippen LogP contribution is -2.08. The molecule has 0 aliphatic heterocycles. The fraction of sp³-hybridized carbons (Fsp3) is 0.571. The molecule has 0 spiro atoms. The number of rotatable bonds is 4. The Morgan fingerprint density at radius 2 is 1.91 bits per heavy atom. The fourth-order valence-corrected chi connectivity index (χ4v) is 0.704. The summed E-state index contributed by atoms with van der Waals surface area (Å²) in [6, 6.07) is 0. The van der Waals surface area contributed by atoms with Crippen LogP contribution in [0, 0.1) is 0 Å². The van der Waals surface area contributed by atoms with E-state index in [0.717, 1.165) is 0 Å². The first kappa shape index (κ1) is 10.1. The Morgan fingerprint density at radius 3 is 2.18 bits per heavy atom. The maximum absolute atomic E-state index is 10.3. The number of hydrogen-bond donors (Lipinski definition) is 3. The fourth-order valence-electron chi connectivity index (χ4n) is 0.704. The van der Waals surface area contributed by atoms with E-state index < -0.39 is 12.6 Å². The molecule has 4 nitrogen and oxygen atoms in total. The summed E-state index contributed by atoms with van der Waals surface area (Å²) < 4.78 is 0. The molecule has 11 heavy (non-hydrogen) atoms. The van der Waals surface area contributed by atoms with E-state index in [9.17, 15) is 4.79 Å². The Labute approximate surface area is 64.8 Å². The van der Waals surface area contributed by atoms with Crippen LogP contribution in [0.15, 0.2) is 11.1 Å². The van der Waals surface area contributed by atoms with Gasteiger partial charge in [0.15, 0.2) is 0 Å². The van der Waals surface area contributed by atoms with Gasteiger partial charge in [0.1, 0.15) is 0 Å². The first-order valence-electron chi connectivity index (χ1n) is 3.27. The molecule has 0 saturated carbocycles. The van der Waals surface area contributed by atoms with E-state index in [1.165, 1.54) is 0 Å². The van der Waals surface area contributed by atoms with E-state index in [0.29, 0.717) is 12.0 Å². The average Bonchev–Trinajstić information content (AvgIpc) is 1.88. The third kappa shape index (κ3) is 3.15. The van der Waals surface area contributed by atoms with Crippen molar-refractivity contribution in [3.63, 3.8) is 0 Å². The molecule has 0 rings (SSSR count). The van der Waals surface area contributed by atoms with E-state index in [1.54, 1.807) is 6.92 Å². The van der Waals surface area contributed by atoms with Gasteiger partial charge in [-0.2, -0.15) is 0 Å². The van der Waals surface area contributed by atoms with Crippen molar-refractivity contribution in [3.8, 4) is 0 Å². The molecule has 0 aliphatic carbocycles. The quantitative estimate of drug-likeness (QED) is 0.496. The van der Waals surface area contributed by atoms with Crippen molar-refractivity contribution >= 4 is 5.97 Å². The van der Waals surface area contributed by atoms with Gasteiger partial charge >= 0.3 is 5.97 Å². The van der Waals surface area contributed by atoms with Crippen LogP contribution in [0.2, 0.25) is 0 Å². The Morgan fingerprint density at radius 1 is 1.36 bits per heavy atom. The van der Waals surface area contributed by atoms with Crippen LogP contribution in [-0.4, -0.2) is 34.5 Å². The number of aliphatic hydroxyl groups excluding tert-OH is 2. The summed E-state index contributed by atoms with van der Waals surface area (Å²) in [5.74, 6) is -1.13. The standard InChI is InChI=1S/C7H12O4/c1-5(2-3-8)6(4-9)7(10)11/h8-9H,2-4H2,1H3,(H,10,11)/b6-5-. The minimum absolute atomic E-state index is 0.0287. The summed E-state index contributed by atoms with van der Waals surface area (Å²) in [6.45, 7) is 1.000. The zero-order valence-electron chi connectivity index (χ0n) is 6.37. The highest BCUT2D eigenvalue weighted by atomic mass is 16.4. The second-order valence-corrected chi connectivity index (χ2v) is 2.20. The summed E-state index contributed by atoms with van der Waals surface area (Å²) in [4.78, 5) is 10.3. The Hall–Kier alpha value is -0.870. The predicted molar refractivity (Wildman–Crippen MR) is 39.1 cm³/mol. The summed E-state index contributed by atoms with van der Waals surface area (Å²) >= 11 is 0. The molecule has 0 unspecified atom stereocenters. The Kier molecular flexibility index (Phi) is 4.49. The Balaban J connectivity index is 4.40. The van der Waals surface area contributed by atoms with Gasteiger partial charge in [0.2, 0.25) is 0 Å². The third-order valence-corrected chi connectivity index (χ3v) is 1.42. The van der Waals surface area contributed by atoms with Crippen LogP contribution >= 0.6 is 0 Å². The normalized spacial score (nSPS) is 12.6. The summed E-state index contributed by atoms with van der Waals surface area (Å²) in [5.41, 5.74) is 0.488. The molecule has 0 atom stereocenters. The highest BCUT2D eigenvalue weighted by Crippen LogP contribution is 2.06. The van der Waals surface area contributed by atoms with E-state index in [-0.39, 0.29) is 12.2 Å². The van der Waals surface area contributed by atoms with Crippen molar-refractivity contribution in [2.45, 2.75) is 13.3 Å². The molecule has 0 fully saturated rings. The molecule has 3 N–H and O–H groups in total. The molecule has 0 aromatic rings. The molecule has 64 valence electrons. The monoisotopic (exact) mass is 160 g/mol. The van der Waals surface area contributed by atoms with Gasteiger partial charge in [-0.1, -0.05) is 5.57 Å². The zero-order chi connectivity index (χ0) is 8.85. The maximum Gasteiger partial charge on any atom is 0.333 e. The number of hydrogen-bond acceptors (Lipinski definition) is 3. The highest BCUT2D eigenvalue weighted by Gasteiger charge is 2.08. The molecular weight excluding hydrogens is 148 g/mol. The second kappa shape index (κ2) is 4.87. The lowest BCUT2D eigenvalue weighted by atomic mass is 10.1. The molecule has 4 heteroatoms. The largest absolute Gasteiger partial charge is 0.478 e. The maximum atomic E-state index is 10.3.